The number of nitrogens with one attached hydrogen (secondary N) is 2. The quantitative estimate of drug-likeness (QED) is 0.637. The molecule has 1 unspecified atom stereocenters. The molecule has 1 heterocycles. The van der Waals surface area contributed by atoms with E-state index in [4.69, 9.17) is 23.2 Å². The maximum atomic E-state index is 12.7. The summed E-state index contributed by atoms with van der Waals surface area (Å²) < 4.78 is 2.87. The van der Waals surface area contributed by atoms with Crippen LogP contribution >= 0.6 is 23.2 Å². The first-order valence-electron chi connectivity index (χ1n) is 9.54. The van der Waals surface area contributed by atoms with Gasteiger partial charge in [0.25, 0.3) is 0 Å². The van der Waals surface area contributed by atoms with Gasteiger partial charge in [-0.3, -0.25) is 9.36 Å². The molecule has 0 aliphatic rings. The molecule has 1 aromatic carbocycles. The van der Waals surface area contributed by atoms with Crippen LogP contribution in [-0.4, -0.2) is 32.8 Å². The molecule has 0 aliphatic carbocycles. The minimum Gasteiger partial charge on any atom is -0.372 e. The Labute approximate surface area is 175 Å². The number of amides is 1. The van der Waals surface area contributed by atoms with Crippen LogP contribution in [0, 0.1) is 6.92 Å². The van der Waals surface area contributed by atoms with Crippen LogP contribution in [0.3, 0.4) is 0 Å². The van der Waals surface area contributed by atoms with Crippen molar-refractivity contribution >= 4 is 34.8 Å². The van der Waals surface area contributed by atoms with Crippen LogP contribution in [0.5, 0.6) is 0 Å². The van der Waals surface area contributed by atoms with Gasteiger partial charge in [0.1, 0.15) is 11.9 Å². The van der Waals surface area contributed by atoms with Crippen molar-refractivity contribution in [2.75, 3.05) is 11.9 Å². The van der Waals surface area contributed by atoms with Gasteiger partial charge in [-0.15, -0.1) is 0 Å². The fourth-order valence-electron chi connectivity index (χ4n) is 2.85. The molecule has 0 bridgehead atoms. The average molecular weight is 428 g/mol. The van der Waals surface area contributed by atoms with Gasteiger partial charge in [0, 0.05) is 13.1 Å². The maximum Gasteiger partial charge on any atom is 0.350 e. The van der Waals surface area contributed by atoms with Crippen LogP contribution < -0.4 is 16.3 Å². The third-order valence-corrected chi connectivity index (χ3v) is 4.98. The molecule has 154 valence electrons. The normalized spacial score (nSPS) is 12.1. The minimum absolute atomic E-state index is 0.0999. The lowest BCUT2D eigenvalue weighted by molar-refractivity contribution is -0.121. The highest BCUT2D eigenvalue weighted by Gasteiger charge is 2.20. The fourth-order valence-corrected chi connectivity index (χ4v) is 3.37. The standard InChI is InChI=1S/C19H27Cl2N5O2/c1-5-8-22-18(27)15(7-3)23-16-11-17(14(21)10-13(16)20)26-19(28)25(9-6-2)12(4)24-26/h10-11,15,23H,5-9H2,1-4H3,(H,22,27). The molecule has 0 saturated carbocycles. The molecule has 1 aromatic heterocycles. The number of aromatic nitrogens is 3. The molecule has 0 saturated heterocycles. The summed E-state index contributed by atoms with van der Waals surface area (Å²) in [6.45, 7) is 8.87. The second-order valence-electron chi connectivity index (χ2n) is 6.57. The van der Waals surface area contributed by atoms with Crippen LogP contribution in [0.4, 0.5) is 5.69 Å². The zero-order valence-electron chi connectivity index (χ0n) is 16.7. The zero-order valence-corrected chi connectivity index (χ0v) is 18.2. The summed E-state index contributed by atoms with van der Waals surface area (Å²) in [4.78, 5) is 25.1. The predicted molar refractivity (Wildman–Crippen MR) is 114 cm³/mol. The van der Waals surface area contributed by atoms with Gasteiger partial charge in [-0.05, 0) is 38.3 Å². The van der Waals surface area contributed by atoms with E-state index in [1.54, 1.807) is 23.6 Å². The minimum atomic E-state index is -0.450. The van der Waals surface area contributed by atoms with E-state index in [0.717, 1.165) is 12.8 Å². The largest absolute Gasteiger partial charge is 0.372 e. The molecule has 28 heavy (non-hydrogen) atoms. The summed E-state index contributed by atoms with van der Waals surface area (Å²) in [5.74, 6) is 0.509. The molecular formula is C19H27Cl2N5O2. The van der Waals surface area contributed by atoms with E-state index >= 15 is 0 Å². The van der Waals surface area contributed by atoms with Crippen molar-refractivity contribution in [2.24, 2.45) is 0 Å². The van der Waals surface area contributed by atoms with Crippen molar-refractivity contribution in [1.82, 2.24) is 19.7 Å². The summed E-state index contributed by atoms with van der Waals surface area (Å²) in [7, 11) is 0. The van der Waals surface area contributed by atoms with Crippen LogP contribution in [0.2, 0.25) is 10.0 Å². The highest BCUT2D eigenvalue weighted by molar-refractivity contribution is 6.37. The van der Waals surface area contributed by atoms with Gasteiger partial charge in [-0.2, -0.15) is 9.78 Å². The Morgan fingerprint density at radius 3 is 2.50 bits per heavy atom. The topological polar surface area (TPSA) is 81.0 Å². The number of rotatable bonds is 9. The number of carbonyl (C=O) groups excluding carboxylic acids is 1. The van der Waals surface area contributed by atoms with Gasteiger partial charge in [0.2, 0.25) is 5.91 Å². The van der Waals surface area contributed by atoms with Crippen LogP contribution in [0.25, 0.3) is 5.69 Å². The molecule has 2 aromatic rings. The number of anilines is 1. The van der Waals surface area contributed by atoms with E-state index < -0.39 is 6.04 Å². The lowest BCUT2D eigenvalue weighted by atomic mass is 10.2. The third kappa shape index (κ3) is 4.89. The molecule has 2 rings (SSSR count). The van der Waals surface area contributed by atoms with Gasteiger partial charge in [0.05, 0.1) is 21.4 Å². The molecule has 0 aliphatic heterocycles. The lowest BCUT2D eigenvalue weighted by Gasteiger charge is -2.19. The Balaban J connectivity index is 2.41. The Morgan fingerprint density at radius 1 is 1.18 bits per heavy atom. The molecule has 9 heteroatoms. The van der Waals surface area contributed by atoms with E-state index in [0.29, 0.717) is 46.8 Å². The maximum absolute atomic E-state index is 12.7. The molecule has 1 amide bonds. The van der Waals surface area contributed by atoms with Crippen molar-refractivity contribution in [2.45, 2.75) is 59.5 Å². The lowest BCUT2D eigenvalue weighted by Crippen LogP contribution is -2.39. The van der Waals surface area contributed by atoms with Gasteiger partial charge in [-0.25, -0.2) is 4.79 Å². The van der Waals surface area contributed by atoms with Crippen LogP contribution in [-0.2, 0) is 11.3 Å². The Morgan fingerprint density at radius 2 is 1.89 bits per heavy atom. The van der Waals surface area contributed by atoms with Gasteiger partial charge in [-0.1, -0.05) is 44.0 Å². The van der Waals surface area contributed by atoms with E-state index in [1.807, 2.05) is 20.8 Å². The number of hydrogen-bond donors (Lipinski definition) is 2. The molecule has 1 atom stereocenters. The number of carbonyl (C=O) groups is 1. The summed E-state index contributed by atoms with van der Waals surface area (Å²) in [5, 5.41) is 11.0. The number of nitrogens with zero attached hydrogens (tertiary/aromatic N) is 3. The number of halogens is 2. The SMILES string of the molecule is CCCNC(=O)C(CC)Nc1cc(-n2nc(C)n(CCC)c2=O)c(Cl)cc1Cl. The fraction of sp³-hybridized carbons (Fsp3) is 0.526. The molecule has 2 N–H and O–H groups in total. The van der Waals surface area contributed by atoms with Crippen molar-refractivity contribution in [3.63, 3.8) is 0 Å². The first-order valence-corrected chi connectivity index (χ1v) is 10.3. The molecule has 0 fully saturated rings. The monoisotopic (exact) mass is 427 g/mol. The number of hydrogen-bond acceptors (Lipinski definition) is 4. The molecule has 0 radical (unpaired) electrons. The zero-order chi connectivity index (χ0) is 20.8. The second-order valence-corrected chi connectivity index (χ2v) is 7.39. The van der Waals surface area contributed by atoms with E-state index in [2.05, 4.69) is 15.7 Å². The first kappa shape index (κ1) is 22.3. The van der Waals surface area contributed by atoms with Crippen molar-refractivity contribution in [3.8, 4) is 5.69 Å². The molecular weight excluding hydrogens is 401 g/mol. The van der Waals surface area contributed by atoms with Crippen LogP contribution in [0.1, 0.15) is 45.9 Å². The third-order valence-electron chi connectivity index (χ3n) is 4.36. The predicted octanol–water partition coefficient (Wildman–Crippen LogP) is 3.78. The van der Waals surface area contributed by atoms with Gasteiger partial charge < -0.3 is 10.6 Å². The number of benzene rings is 1. The molecule has 7 nitrogen and oxygen atoms in total. The Kier molecular flexibility index (Phi) is 7.95. The van der Waals surface area contributed by atoms with Crippen molar-refractivity contribution < 1.29 is 4.79 Å². The van der Waals surface area contributed by atoms with Gasteiger partial charge in [0.15, 0.2) is 0 Å². The summed E-state index contributed by atoms with van der Waals surface area (Å²) >= 11 is 12.7. The Hall–Kier alpha value is -1.99. The summed E-state index contributed by atoms with van der Waals surface area (Å²) in [5.41, 5.74) is 0.678. The highest BCUT2D eigenvalue weighted by Crippen LogP contribution is 2.31. The van der Waals surface area contributed by atoms with E-state index in [-0.39, 0.29) is 11.6 Å². The summed E-state index contributed by atoms with van der Waals surface area (Å²) in [6, 6.07) is 2.76. The second kappa shape index (κ2) is 9.98. The highest BCUT2D eigenvalue weighted by atomic mass is 35.5. The van der Waals surface area contributed by atoms with E-state index in [9.17, 15) is 9.59 Å². The van der Waals surface area contributed by atoms with E-state index in [1.165, 1.54) is 4.68 Å². The summed E-state index contributed by atoms with van der Waals surface area (Å²) in [6.07, 6.45) is 2.25. The van der Waals surface area contributed by atoms with Crippen molar-refractivity contribution in [1.29, 1.82) is 0 Å². The number of aryl methyl sites for hydroxylation is 1. The first-order chi connectivity index (χ1) is 13.3. The molecule has 0 spiro atoms. The smallest absolute Gasteiger partial charge is 0.350 e. The van der Waals surface area contributed by atoms with Crippen LogP contribution in [0.15, 0.2) is 16.9 Å². The van der Waals surface area contributed by atoms with Crippen molar-refractivity contribution in [3.05, 3.63) is 38.5 Å². The average Bonchev–Trinajstić information content (AvgIpc) is 2.94. The Bertz CT molecular complexity index is 891. The van der Waals surface area contributed by atoms with Gasteiger partial charge >= 0.3 is 5.69 Å².